The predicted octanol–water partition coefficient (Wildman–Crippen LogP) is 2.31. The highest BCUT2D eigenvalue weighted by atomic mass is 16.2. The molecule has 1 unspecified atom stereocenters. The van der Waals surface area contributed by atoms with Gasteiger partial charge in [0.2, 0.25) is 11.8 Å². The molecule has 0 saturated carbocycles. The Labute approximate surface area is 199 Å². The van der Waals surface area contributed by atoms with E-state index in [4.69, 9.17) is 4.98 Å². The number of carbonyl (C=O) groups is 3. The molecule has 1 atom stereocenters. The zero-order valence-electron chi connectivity index (χ0n) is 19.4. The summed E-state index contributed by atoms with van der Waals surface area (Å²) in [5, 5.41) is 9.24. The van der Waals surface area contributed by atoms with E-state index in [1.807, 2.05) is 12.1 Å². The SMILES string of the molecule is O=C1CCC(N2Cc3cc(CNCCCCc4ccc5c(n4)NCCC5)ccc3C2=O)C(=O)N1. The molecule has 2 aromatic rings. The van der Waals surface area contributed by atoms with Gasteiger partial charge in [-0.3, -0.25) is 19.7 Å². The van der Waals surface area contributed by atoms with Crippen LogP contribution in [0.3, 0.4) is 0 Å². The lowest BCUT2D eigenvalue weighted by Gasteiger charge is -2.29. The highest BCUT2D eigenvalue weighted by molar-refractivity contribution is 6.05. The van der Waals surface area contributed by atoms with E-state index < -0.39 is 6.04 Å². The number of fused-ring (bicyclic) bond motifs is 2. The van der Waals surface area contributed by atoms with Crippen molar-refractivity contribution in [3.63, 3.8) is 0 Å². The fraction of sp³-hybridized carbons (Fsp3) is 0.462. The van der Waals surface area contributed by atoms with E-state index in [1.54, 1.807) is 4.90 Å². The molecule has 0 aliphatic carbocycles. The monoisotopic (exact) mass is 461 g/mol. The minimum Gasteiger partial charge on any atom is -0.370 e. The van der Waals surface area contributed by atoms with Gasteiger partial charge in [0.25, 0.3) is 5.91 Å². The molecular formula is C26H31N5O3. The van der Waals surface area contributed by atoms with Crippen LogP contribution in [0, 0.1) is 0 Å². The molecule has 3 amide bonds. The Morgan fingerprint density at radius 1 is 1.06 bits per heavy atom. The number of nitrogens with one attached hydrogen (secondary N) is 3. The van der Waals surface area contributed by atoms with Crippen LogP contribution in [0.2, 0.25) is 0 Å². The van der Waals surface area contributed by atoms with Crippen LogP contribution in [0.15, 0.2) is 30.3 Å². The summed E-state index contributed by atoms with van der Waals surface area (Å²) in [5.74, 6) is 0.291. The van der Waals surface area contributed by atoms with Gasteiger partial charge in [-0.15, -0.1) is 0 Å². The smallest absolute Gasteiger partial charge is 0.255 e. The third kappa shape index (κ3) is 4.82. The van der Waals surface area contributed by atoms with E-state index >= 15 is 0 Å². The minimum absolute atomic E-state index is 0.130. The highest BCUT2D eigenvalue weighted by Crippen LogP contribution is 2.28. The van der Waals surface area contributed by atoms with Gasteiger partial charge in [-0.05, 0) is 73.9 Å². The second-order valence-corrected chi connectivity index (χ2v) is 9.37. The van der Waals surface area contributed by atoms with Crippen molar-refractivity contribution in [2.75, 3.05) is 18.4 Å². The van der Waals surface area contributed by atoms with E-state index in [2.05, 4.69) is 34.1 Å². The lowest BCUT2D eigenvalue weighted by molar-refractivity contribution is -0.136. The molecule has 4 heterocycles. The molecule has 3 N–H and O–H groups in total. The number of hydrogen-bond acceptors (Lipinski definition) is 6. The maximum absolute atomic E-state index is 12.8. The van der Waals surface area contributed by atoms with Gasteiger partial charge in [0.05, 0.1) is 0 Å². The predicted molar refractivity (Wildman–Crippen MR) is 128 cm³/mol. The number of nitrogens with zero attached hydrogens (tertiary/aromatic N) is 2. The van der Waals surface area contributed by atoms with Gasteiger partial charge in [-0.25, -0.2) is 4.98 Å². The highest BCUT2D eigenvalue weighted by Gasteiger charge is 2.39. The first-order valence-corrected chi connectivity index (χ1v) is 12.3. The van der Waals surface area contributed by atoms with Gasteiger partial charge in [0, 0.05) is 37.3 Å². The summed E-state index contributed by atoms with van der Waals surface area (Å²) in [6.07, 6.45) is 6.08. The van der Waals surface area contributed by atoms with Crippen molar-refractivity contribution in [2.45, 2.75) is 64.1 Å². The second kappa shape index (κ2) is 9.93. The fourth-order valence-corrected chi connectivity index (χ4v) is 5.03. The van der Waals surface area contributed by atoms with Crippen LogP contribution >= 0.6 is 0 Å². The summed E-state index contributed by atoms with van der Waals surface area (Å²) in [6, 6.07) is 9.68. The summed E-state index contributed by atoms with van der Waals surface area (Å²) in [6.45, 7) is 3.08. The number of rotatable bonds is 8. The molecule has 1 fully saturated rings. The van der Waals surface area contributed by atoms with Crippen LogP contribution in [0.5, 0.6) is 0 Å². The number of hydrogen-bond donors (Lipinski definition) is 3. The first-order chi connectivity index (χ1) is 16.6. The van der Waals surface area contributed by atoms with Crippen LogP contribution in [0.25, 0.3) is 0 Å². The number of unbranched alkanes of at least 4 members (excludes halogenated alkanes) is 1. The number of aromatic nitrogens is 1. The topological polar surface area (TPSA) is 103 Å². The maximum Gasteiger partial charge on any atom is 0.255 e. The molecular weight excluding hydrogens is 430 g/mol. The summed E-state index contributed by atoms with van der Waals surface area (Å²) in [4.78, 5) is 42.8. The van der Waals surface area contributed by atoms with Gasteiger partial charge in [0.1, 0.15) is 11.9 Å². The van der Waals surface area contributed by atoms with Crippen LogP contribution < -0.4 is 16.0 Å². The number of aryl methyl sites for hydroxylation is 2. The number of benzene rings is 1. The molecule has 5 rings (SSSR count). The maximum atomic E-state index is 12.8. The average molecular weight is 462 g/mol. The van der Waals surface area contributed by atoms with Gasteiger partial charge < -0.3 is 15.5 Å². The number of carbonyl (C=O) groups excluding carboxylic acids is 3. The Bertz CT molecular complexity index is 1120. The lowest BCUT2D eigenvalue weighted by Crippen LogP contribution is -2.52. The fourth-order valence-electron chi connectivity index (χ4n) is 5.03. The van der Waals surface area contributed by atoms with Crippen molar-refractivity contribution >= 4 is 23.5 Å². The Balaban J connectivity index is 1.07. The molecule has 1 aromatic carbocycles. The van der Waals surface area contributed by atoms with Gasteiger partial charge in [-0.2, -0.15) is 0 Å². The van der Waals surface area contributed by atoms with Crippen molar-refractivity contribution in [3.8, 4) is 0 Å². The van der Waals surface area contributed by atoms with Gasteiger partial charge in [0.15, 0.2) is 0 Å². The molecule has 8 heteroatoms. The van der Waals surface area contributed by atoms with E-state index in [0.29, 0.717) is 18.5 Å². The lowest BCUT2D eigenvalue weighted by atomic mass is 10.0. The molecule has 3 aliphatic heterocycles. The van der Waals surface area contributed by atoms with Crippen molar-refractivity contribution < 1.29 is 14.4 Å². The number of piperidine rings is 1. The second-order valence-electron chi connectivity index (χ2n) is 9.37. The molecule has 0 spiro atoms. The van der Waals surface area contributed by atoms with Gasteiger partial charge >= 0.3 is 0 Å². The zero-order valence-corrected chi connectivity index (χ0v) is 19.4. The normalized spacial score (nSPS) is 19.5. The Morgan fingerprint density at radius 2 is 1.97 bits per heavy atom. The largest absolute Gasteiger partial charge is 0.370 e. The van der Waals surface area contributed by atoms with E-state index in [-0.39, 0.29) is 24.1 Å². The van der Waals surface area contributed by atoms with E-state index in [1.165, 1.54) is 12.0 Å². The Kier molecular flexibility index (Phi) is 6.58. The van der Waals surface area contributed by atoms with Crippen molar-refractivity contribution in [1.29, 1.82) is 0 Å². The average Bonchev–Trinajstić information content (AvgIpc) is 3.16. The van der Waals surface area contributed by atoms with Crippen LogP contribution in [-0.4, -0.2) is 46.7 Å². The number of imide groups is 1. The third-order valence-electron chi connectivity index (χ3n) is 6.91. The Hall–Kier alpha value is -3.26. The number of anilines is 1. The quantitative estimate of drug-likeness (QED) is 0.412. The third-order valence-corrected chi connectivity index (χ3v) is 6.91. The van der Waals surface area contributed by atoms with Crippen molar-refractivity contribution in [1.82, 2.24) is 20.5 Å². The molecule has 1 saturated heterocycles. The van der Waals surface area contributed by atoms with Gasteiger partial charge in [-0.1, -0.05) is 18.2 Å². The molecule has 178 valence electrons. The van der Waals surface area contributed by atoms with E-state index in [9.17, 15) is 14.4 Å². The molecule has 0 radical (unpaired) electrons. The molecule has 1 aromatic heterocycles. The summed E-state index contributed by atoms with van der Waals surface area (Å²) in [5.41, 5.74) is 5.20. The molecule has 34 heavy (non-hydrogen) atoms. The van der Waals surface area contributed by atoms with Crippen LogP contribution in [0.4, 0.5) is 5.82 Å². The van der Waals surface area contributed by atoms with Crippen molar-refractivity contribution in [3.05, 3.63) is 58.3 Å². The minimum atomic E-state index is -0.570. The zero-order chi connectivity index (χ0) is 23.5. The van der Waals surface area contributed by atoms with Crippen LogP contribution in [0.1, 0.15) is 64.8 Å². The summed E-state index contributed by atoms with van der Waals surface area (Å²) < 4.78 is 0. The van der Waals surface area contributed by atoms with E-state index in [0.717, 1.165) is 68.0 Å². The first kappa shape index (κ1) is 22.5. The number of pyridine rings is 1. The summed E-state index contributed by atoms with van der Waals surface area (Å²) in [7, 11) is 0. The Morgan fingerprint density at radius 3 is 2.85 bits per heavy atom. The van der Waals surface area contributed by atoms with Crippen molar-refractivity contribution in [2.24, 2.45) is 0 Å². The standard InChI is InChI=1S/C26H31N5O3/c32-23-11-10-22(25(33)30-23)31-16-19-14-17(6-9-21(19)26(31)34)15-27-12-2-1-5-20-8-7-18-4-3-13-28-24(18)29-20/h6-9,14,22,27H,1-5,10-13,15-16H2,(H,28,29)(H,30,32,33). The summed E-state index contributed by atoms with van der Waals surface area (Å²) >= 11 is 0. The number of amides is 3. The molecule has 8 nitrogen and oxygen atoms in total. The molecule has 0 bridgehead atoms. The van der Waals surface area contributed by atoms with Crippen LogP contribution in [-0.2, 0) is 35.5 Å². The first-order valence-electron chi connectivity index (χ1n) is 12.3. The molecule has 3 aliphatic rings.